The maximum absolute atomic E-state index is 5.84. The van der Waals surface area contributed by atoms with Gasteiger partial charge >= 0.3 is 0 Å². The van der Waals surface area contributed by atoms with Crippen LogP contribution in [0.25, 0.3) is 11.1 Å². The molecule has 0 unspecified atom stereocenters. The normalized spacial score (nSPS) is 10.5. The van der Waals surface area contributed by atoms with E-state index >= 15 is 0 Å². The lowest BCUT2D eigenvalue weighted by Gasteiger charge is -2.08. The first kappa shape index (κ1) is 11.7. The summed E-state index contributed by atoms with van der Waals surface area (Å²) in [5.41, 5.74) is 11.8. The van der Waals surface area contributed by atoms with Crippen molar-refractivity contribution in [3.05, 3.63) is 53.6 Å². The maximum Gasteiger partial charge on any atom is 0.0320 e. The lowest BCUT2D eigenvalue weighted by atomic mass is 9.98. The van der Waals surface area contributed by atoms with Crippen molar-refractivity contribution in [2.45, 2.75) is 26.7 Å². The first-order valence-corrected chi connectivity index (χ1v) is 6.16. The second-order valence-electron chi connectivity index (χ2n) is 4.52. The molecule has 0 saturated heterocycles. The summed E-state index contributed by atoms with van der Waals surface area (Å²) in [6.45, 7) is 4.32. The first-order chi connectivity index (χ1) is 8.20. The summed E-state index contributed by atoms with van der Waals surface area (Å²) in [4.78, 5) is 0. The van der Waals surface area contributed by atoms with Crippen LogP contribution in [0.4, 0.5) is 5.69 Å². The first-order valence-electron chi connectivity index (χ1n) is 6.16. The van der Waals surface area contributed by atoms with E-state index in [0.29, 0.717) is 0 Å². The van der Waals surface area contributed by atoms with Gasteiger partial charge in [0.2, 0.25) is 0 Å². The van der Waals surface area contributed by atoms with E-state index in [1.807, 2.05) is 12.1 Å². The van der Waals surface area contributed by atoms with Gasteiger partial charge in [0.05, 0.1) is 0 Å². The number of hydrogen-bond acceptors (Lipinski definition) is 1. The number of rotatable bonds is 3. The van der Waals surface area contributed by atoms with E-state index in [1.54, 1.807) is 0 Å². The zero-order valence-corrected chi connectivity index (χ0v) is 10.5. The zero-order valence-electron chi connectivity index (χ0n) is 10.5. The number of nitrogens with two attached hydrogens (primary N) is 1. The summed E-state index contributed by atoms with van der Waals surface area (Å²) >= 11 is 0. The van der Waals surface area contributed by atoms with Gasteiger partial charge in [-0.25, -0.2) is 0 Å². The molecule has 1 heteroatoms. The highest BCUT2D eigenvalue weighted by Gasteiger charge is 2.02. The average Bonchev–Trinajstić information content (AvgIpc) is 2.34. The Bertz CT molecular complexity index is 497. The monoisotopic (exact) mass is 225 g/mol. The fourth-order valence-corrected chi connectivity index (χ4v) is 2.09. The van der Waals surface area contributed by atoms with Crippen molar-refractivity contribution < 1.29 is 0 Å². The largest absolute Gasteiger partial charge is 0.399 e. The summed E-state index contributed by atoms with van der Waals surface area (Å²) in [5, 5.41) is 0. The highest BCUT2D eigenvalue weighted by Crippen LogP contribution is 2.25. The van der Waals surface area contributed by atoms with Crippen molar-refractivity contribution in [3.8, 4) is 11.1 Å². The molecule has 2 aromatic carbocycles. The predicted octanol–water partition coefficient (Wildman–Crippen LogP) is 4.20. The molecule has 0 aliphatic carbocycles. The van der Waals surface area contributed by atoms with Gasteiger partial charge < -0.3 is 5.73 Å². The minimum atomic E-state index is 0.822. The summed E-state index contributed by atoms with van der Waals surface area (Å²) in [6.07, 6.45) is 2.34. The van der Waals surface area contributed by atoms with Gasteiger partial charge in [-0.05, 0) is 47.7 Å². The molecular weight excluding hydrogens is 206 g/mol. The SMILES string of the molecule is CCCc1ccc(-c2cc(N)ccc2C)cc1. The van der Waals surface area contributed by atoms with Crippen LogP contribution < -0.4 is 5.73 Å². The molecule has 0 saturated carbocycles. The van der Waals surface area contributed by atoms with Crippen LogP contribution >= 0.6 is 0 Å². The topological polar surface area (TPSA) is 26.0 Å². The maximum atomic E-state index is 5.84. The third-order valence-corrected chi connectivity index (χ3v) is 3.07. The molecule has 0 aliphatic rings. The highest BCUT2D eigenvalue weighted by molar-refractivity contribution is 5.70. The van der Waals surface area contributed by atoms with Crippen molar-refractivity contribution in [3.63, 3.8) is 0 Å². The van der Waals surface area contributed by atoms with Gasteiger partial charge in [-0.3, -0.25) is 0 Å². The van der Waals surface area contributed by atoms with Gasteiger partial charge in [0.15, 0.2) is 0 Å². The number of anilines is 1. The fraction of sp³-hybridized carbons (Fsp3) is 0.250. The van der Waals surface area contributed by atoms with Crippen molar-refractivity contribution in [2.24, 2.45) is 0 Å². The molecule has 0 radical (unpaired) electrons. The molecule has 0 fully saturated rings. The van der Waals surface area contributed by atoms with E-state index < -0.39 is 0 Å². The third-order valence-electron chi connectivity index (χ3n) is 3.07. The van der Waals surface area contributed by atoms with Crippen LogP contribution in [0, 0.1) is 6.92 Å². The Morgan fingerprint density at radius 3 is 2.35 bits per heavy atom. The Hall–Kier alpha value is -1.76. The summed E-state index contributed by atoms with van der Waals surface area (Å²) in [7, 11) is 0. The summed E-state index contributed by atoms with van der Waals surface area (Å²) in [5.74, 6) is 0. The standard InChI is InChI=1S/C16H19N/c1-3-4-13-6-8-14(9-7-13)16-11-15(17)10-5-12(16)2/h5-11H,3-4,17H2,1-2H3. The Labute approximate surface area is 103 Å². The van der Waals surface area contributed by atoms with Crippen molar-refractivity contribution in [1.82, 2.24) is 0 Å². The zero-order chi connectivity index (χ0) is 12.3. The minimum Gasteiger partial charge on any atom is -0.399 e. The van der Waals surface area contributed by atoms with E-state index in [0.717, 1.165) is 12.1 Å². The van der Waals surface area contributed by atoms with Gasteiger partial charge in [0.1, 0.15) is 0 Å². The van der Waals surface area contributed by atoms with Gasteiger partial charge in [0, 0.05) is 5.69 Å². The van der Waals surface area contributed by atoms with E-state index in [2.05, 4.69) is 44.2 Å². The minimum absolute atomic E-state index is 0.822. The lowest BCUT2D eigenvalue weighted by molar-refractivity contribution is 0.922. The fourth-order valence-electron chi connectivity index (χ4n) is 2.09. The Morgan fingerprint density at radius 2 is 1.71 bits per heavy atom. The molecule has 0 amide bonds. The molecule has 0 spiro atoms. The number of benzene rings is 2. The van der Waals surface area contributed by atoms with Crippen molar-refractivity contribution in [2.75, 3.05) is 5.73 Å². The number of nitrogen functional groups attached to an aromatic ring is 1. The Balaban J connectivity index is 2.36. The molecule has 1 nitrogen and oxygen atoms in total. The smallest absolute Gasteiger partial charge is 0.0320 e. The quantitative estimate of drug-likeness (QED) is 0.778. The molecule has 0 aromatic heterocycles. The third kappa shape index (κ3) is 2.68. The van der Waals surface area contributed by atoms with Crippen LogP contribution in [0.1, 0.15) is 24.5 Å². The van der Waals surface area contributed by atoms with Gasteiger partial charge in [0.25, 0.3) is 0 Å². The van der Waals surface area contributed by atoms with Gasteiger partial charge in [-0.15, -0.1) is 0 Å². The Kier molecular flexibility index (Phi) is 3.48. The molecule has 2 aromatic rings. The molecular formula is C16H19N. The summed E-state index contributed by atoms with van der Waals surface area (Å²) in [6, 6.07) is 14.9. The molecule has 2 N–H and O–H groups in total. The predicted molar refractivity (Wildman–Crippen MR) is 75.0 cm³/mol. The van der Waals surface area contributed by atoms with E-state index in [4.69, 9.17) is 5.73 Å². The van der Waals surface area contributed by atoms with Crippen molar-refractivity contribution in [1.29, 1.82) is 0 Å². The average molecular weight is 225 g/mol. The van der Waals surface area contributed by atoms with Crippen molar-refractivity contribution >= 4 is 5.69 Å². The summed E-state index contributed by atoms with van der Waals surface area (Å²) < 4.78 is 0. The second kappa shape index (κ2) is 5.05. The number of hydrogen-bond donors (Lipinski definition) is 1. The van der Waals surface area contributed by atoms with Crippen LogP contribution in [0.2, 0.25) is 0 Å². The lowest BCUT2D eigenvalue weighted by Crippen LogP contribution is -1.89. The van der Waals surface area contributed by atoms with Crippen LogP contribution in [-0.2, 0) is 6.42 Å². The molecule has 17 heavy (non-hydrogen) atoms. The molecule has 0 aliphatic heterocycles. The van der Waals surface area contributed by atoms with Crippen LogP contribution in [0.15, 0.2) is 42.5 Å². The van der Waals surface area contributed by atoms with Crippen LogP contribution in [0.5, 0.6) is 0 Å². The van der Waals surface area contributed by atoms with E-state index in [-0.39, 0.29) is 0 Å². The molecule has 0 bridgehead atoms. The molecule has 0 heterocycles. The highest BCUT2D eigenvalue weighted by atomic mass is 14.5. The van der Waals surface area contributed by atoms with Crippen LogP contribution in [-0.4, -0.2) is 0 Å². The molecule has 88 valence electrons. The van der Waals surface area contributed by atoms with Crippen LogP contribution in [0.3, 0.4) is 0 Å². The van der Waals surface area contributed by atoms with Gasteiger partial charge in [-0.2, -0.15) is 0 Å². The van der Waals surface area contributed by atoms with E-state index in [9.17, 15) is 0 Å². The van der Waals surface area contributed by atoms with E-state index in [1.165, 1.54) is 28.7 Å². The molecule has 2 rings (SSSR count). The second-order valence-corrected chi connectivity index (χ2v) is 4.52. The molecule has 0 atom stereocenters. The van der Waals surface area contributed by atoms with Gasteiger partial charge in [-0.1, -0.05) is 43.7 Å². The Morgan fingerprint density at radius 1 is 1.00 bits per heavy atom. The number of aryl methyl sites for hydroxylation is 2.